The second kappa shape index (κ2) is 6.04. The maximum absolute atomic E-state index is 11.5. The lowest BCUT2D eigenvalue weighted by Gasteiger charge is -2.06. The van der Waals surface area contributed by atoms with Crippen molar-refractivity contribution >= 4 is 5.97 Å². The summed E-state index contributed by atoms with van der Waals surface area (Å²) < 4.78 is 11.9. The third-order valence-electron chi connectivity index (χ3n) is 3.35. The molecule has 0 amide bonds. The van der Waals surface area contributed by atoms with Crippen LogP contribution in [0, 0.1) is 5.92 Å². The zero-order chi connectivity index (χ0) is 14.7. The fraction of sp³-hybridized carbons (Fsp3) is 0.538. The van der Waals surface area contributed by atoms with Crippen molar-refractivity contribution in [2.24, 2.45) is 5.92 Å². The Morgan fingerprint density at radius 1 is 1.62 bits per heavy atom. The number of hydrogen-bond acceptors (Lipinski definition) is 7. The fourth-order valence-corrected chi connectivity index (χ4v) is 2.31. The van der Waals surface area contributed by atoms with Gasteiger partial charge in [-0.1, -0.05) is 5.21 Å². The number of hydrogen-bond donors (Lipinski definition) is 1. The summed E-state index contributed by atoms with van der Waals surface area (Å²) in [5, 5.41) is 11.4. The second-order valence-corrected chi connectivity index (χ2v) is 4.94. The van der Waals surface area contributed by atoms with E-state index in [1.807, 2.05) is 0 Å². The standard InChI is InChI=1S/C13H17N5O3/c1-2-20-13(19)11-8-21-12(15-11)10-7-18(17-16-10)6-9-3-4-14-5-9/h7-9,14H,2-6H2,1H3. The molecule has 0 spiro atoms. The molecule has 0 aromatic carbocycles. The van der Waals surface area contributed by atoms with Gasteiger partial charge in [0.15, 0.2) is 11.4 Å². The molecule has 1 aliphatic rings. The van der Waals surface area contributed by atoms with E-state index < -0.39 is 5.97 Å². The fourth-order valence-electron chi connectivity index (χ4n) is 2.31. The van der Waals surface area contributed by atoms with Crippen LogP contribution in [0.2, 0.25) is 0 Å². The number of nitrogens with one attached hydrogen (secondary N) is 1. The van der Waals surface area contributed by atoms with Crippen molar-refractivity contribution in [2.75, 3.05) is 19.7 Å². The highest BCUT2D eigenvalue weighted by molar-refractivity contribution is 5.87. The molecule has 1 fully saturated rings. The van der Waals surface area contributed by atoms with E-state index in [4.69, 9.17) is 9.15 Å². The van der Waals surface area contributed by atoms with E-state index in [9.17, 15) is 4.79 Å². The van der Waals surface area contributed by atoms with Crippen LogP contribution in [0.4, 0.5) is 0 Å². The first-order chi connectivity index (χ1) is 10.3. The Kier molecular flexibility index (Phi) is 3.96. The van der Waals surface area contributed by atoms with Crippen molar-refractivity contribution in [2.45, 2.75) is 19.9 Å². The first-order valence-electron chi connectivity index (χ1n) is 7.00. The maximum Gasteiger partial charge on any atom is 0.360 e. The third-order valence-corrected chi connectivity index (χ3v) is 3.35. The zero-order valence-electron chi connectivity index (χ0n) is 11.8. The number of nitrogens with zero attached hydrogens (tertiary/aromatic N) is 4. The average Bonchev–Trinajstić information content (AvgIpc) is 3.20. The summed E-state index contributed by atoms with van der Waals surface area (Å²) in [5.74, 6) is 0.338. The van der Waals surface area contributed by atoms with Gasteiger partial charge in [0.2, 0.25) is 5.89 Å². The molecule has 21 heavy (non-hydrogen) atoms. The minimum atomic E-state index is -0.503. The van der Waals surface area contributed by atoms with Crippen LogP contribution in [0.5, 0.6) is 0 Å². The van der Waals surface area contributed by atoms with E-state index in [0.717, 1.165) is 26.1 Å². The van der Waals surface area contributed by atoms with Crippen molar-refractivity contribution in [3.63, 3.8) is 0 Å². The van der Waals surface area contributed by atoms with Gasteiger partial charge in [0, 0.05) is 6.54 Å². The minimum absolute atomic E-state index is 0.140. The topological polar surface area (TPSA) is 95.1 Å². The minimum Gasteiger partial charge on any atom is -0.461 e. The molecule has 8 heteroatoms. The molecule has 0 aliphatic carbocycles. The van der Waals surface area contributed by atoms with Crippen molar-refractivity contribution in [1.82, 2.24) is 25.3 Å². The first-order valence-corrected chi connectivity index (χ1v) is 7.00. The molecule has 3 heterocycles. The smallest absolute Gasteiger partial charge is 0.360 e. The highest BCUT2D eigenvalue weighted by Gasteiger charge is 2.19. The number of ether oxygens (including phenoxy) is 1. The highest BCUT2D eigenvalue weighted by atomic mass is 16.5. The van der Waals surface area contributed by atoms with Crippen LogP contribution in [-0.4, -0.2) is 45.6 Å². The summed E-state index contributed by atoms with van der Waals surface area (Å²) in [5.41, 5.74) is 0.651. The lowest BCUT2D eigenvalue weighted by Crippen LogP contribution is -2.14. The van der Waals surface area contributed by atoms with Crippen molar-refractivity contribution < 1.29 is 13.9 Å². The van der Waals surface area contributed by atoms with E-state index in [2.05, 4.69) is 20.6 Å². The molecule has 0 saturated carbocycles. The van der Waals surface area contributed by atoms with Crippen LogP contribution in [-0.2, 0) is 11.3 Å². The zero-order valence-corrected chi connectivity index (χ0v) is 11.8. The van der Waals surface area contributed by atoms with Crippen molar-refractivity contribution in [3.05, 3.63) is 18.2 Å². The molecular formula is C13H17N5O3. The Morgan fingerprint density at radius 3 is 3.29 bits per heavy atom. The van der Waals surface area contributed by atoms with Crippen LogP contribution >= 0.6 is 0 Å². The number of aromatic nitrogens is 4. The number of esters is 1. The molecule has 0 bridgehead atoms. The van der Waals surface area contributed by atoms with Crippen LogP contribution in [0.15, 0.2) is 16.9 Å². The number of oxazole rings is 1. The molecule has 1 aliphatic heterocycles. The SMILES string of the molecule is CCOC(=O)c1coc(-c2cn(CC3CCNC3)nn2)n1. The summed E-state index contributed by atoms with van der Waals surface area (Å²) in [6, 6.07) is 0. The molecule has 0 radical (unpaired) electrons. The molecule has 1 N–H and O–H groups in total. The summed E-state index contributed by atoms with van der Waals surface area (Å²) in [6.07, 6.45) is 4.19. The Bertz CT molecular complexity index is 615. The van der Waals surface area contributed by atoms with Gasteiger partial charge in [-0.2, -0.15) is 0 Å². The molecule has 8 nitrogen and oxygen atoms in total. The van der Waals surface area contributed by atoms with Crippen LogP contribution < -0.4 is 5.32 Å². The Morgan fingerprint density at radius 2 is 2.52 bits per heavy atom. The molecule has 1 saturated heterocycles. The number of rotatable bonds is 5. The molecular weight excluding hydrogens is 274 g/mol. The van der Waals surface area contributed by atoms with Gasteiger partial charge in [0.05, 0.1) is 12.8 Å². The normalized spacial score (nSPS) is 18.0. The predicted molar refractivity (Wildman–Crippen MR) is 72.5 cm³/mol. The number of carbonyl (C=O) groups is 1. The summed E-state index contributed by atoms with van der Waals surface area (Å²) in [7, 11) is 0. The van der Waals surface area contributed by atoms with Crippen molar-refractivity contribution in [1.29, 1.82) is 0 Å². The van der Waals surface area contributed by atoms with E-state index >= 15 is 0 Å². The van der Waals surface area contributed by atoms with Gasteiger partial charge in [-0.3, -0.25) is 4.68 Å². The molecule has 3 rings (SSSR count). The van der Waals surface area contributed by atoms with Crippen LogP contribution in [0.1, 0.15) is 23.8 Å². The molecule has 1 atom stereocenters. The van der Waals surface area contributed by atoms with E-state index in [1.165, 1.54) is 6.26 Å². The summed E-state index contributed by atoms with van der Waals surface area (Å²) in [6.45, 7) is 4.90. The van der Waals surface area contributed by atoms with Gasteiger partial charge in [0.25, 0.3) is 0 Å². The van der Waals surface area contributed by atoms with E-state index in [-0.39, 0.29) is 11.6 Å². The maximum atomic E-state index is 11.5. The first kappa shape index (κ1) is 13.7. The lowest BCUT2D eigenvalue weighted by atomic mass is 10.1. The highest BCUT2D eigenvalue weighted by Crippen LogP contribution is 2.17. The molecule has 1 unspecified atom stereocenters. The molecule has 2 aromatic rings. The van der Waals surface area contributed by atoms with Gasteiger partial charge in [0.1, 0.15) is 6.26 Å². The summed E-state index contributed by atoms with van der Waals surface area (Å²) in [4.78, 5) is 15.6. The van der Waals surface area contributed by atoms with Gasteiger partial charge in [-0.05, 0) is 32.4 Å². The summed E-state index contributed by atoms with van der Waals surface area (Å²) >= 11 is 0. The van der Waals surface area contributed by atoms with Gasteiger partial charge in [-0.25, -0.2) is 9.78 Å². The Balaban J connectivity index is 1.69. The monoisotopic (exact) mass is 291 g/mol. The quantitative estimate of drug-likeness (QED) is 0.811. The molecule has 2 aromatic heterocycles. The second-order valence-electron chi connectivity index (χ2n) is 4.94. The van der Waals surface area contributed by atoms with Gasteiger partial charge >= 0.3 is 5.97 Å². The van der Waals surface area contributed by atoms with Gasteiger partial charge in [-0.15, -0.1) is 5.10 Å². The van der Waals surface area contributed by atoms with E-state index in [0.29, 0.717) is 18.2 Å². The Hall–Kier alpha value is -2.22. The van der Waals surface area contributed by atoms with Crippen molar-refractivity contribution in [3.8, 4) is 11.6 Å². The lowest BCUT2D eigenvalue weighted by molar-refractivity contribution is 0.0519. The van der Waals surface area contributed by atoms with Gasteiger partial charge < -0.3 is 14.5 Å². The van der Waals surface area contributed by atoms with Crippen LogP contribution in [0.3, 0.4) is 0 Å². The third kappa shape index (κ3) is 3.10. The predicted octanol–water partition coefficient (Wildman–Crippen LogP) is 0.719. The van der Waals surface area contributed by atoms with E-state index in [1.54, 1.807) is 17.8 Å². The molecule has 112 valence electrons. The largest absolute Gasteiger partial charge is 0.461 e. The van der Waals surface area contributed by atoms with Crippen LogP contribution in [0.25, 0.3) is 11.6 Å². The Labute approximate surface area is 121 Å². The average molecular weight is 291 g/mol. The number of carbonyl (C=O) groups excluding carboxylic acids is 1.